The predicted molar refractivity (Wildman–Crippen MR) is 117 cm³/mol. The highest BCUT2D eigenvalue weighted by Crippen LogP contribution is 2.26. The molecule has 11 heteroatoms. The topological polar surface area (TPSA) is 95.4 Å². The summed E-state index contributed by atoms with van der Waals surface area (Å²) in [5.74, 6) is 1.65. The molecule has 1 aromatic carbocycles. The maximum Gasteiger partial charge on any atom is 0.245 e. The molecule has 0 N–H and O–H groups in total. The second kappa shape index (κ2) is 7.71. The first kappa shape index (κ1) is 19.6. The van der Waals surface area contributed by atoms with E-state index in [1.165, 1.54) is 17.1 Å². The van der Waals surface area contributed by atoms with E-state index >= 15 is 0 Å². The zero-order valence-corrected chi connectivity index (χ0v) is 18.4. The van der Waals surface area contributed by atoms with E-state index < -0.39 is 10.0 Å². The number of fused-ring (bicyclic) bond motifs is 1. The van der Waals surface area contributed by atoms with Crippen LogP contribution in [-0.4, -0.2) is 70.7 Å². The van der Waals surface area contributed by atoms with E-state index in [1.54, 1.807) is 18.2 Å². The number of aryl methyl sites for hydroxylation is 1. The number of rotatable bonds is 4. The molecule has 9 nitrogen and oxygen atoms in total. The maximum absolute atomic E-state index is 13.2. The van der Waals surface area contributed by atoms with Crippen LogP contribution in [-0.2, 0) is 10.0 Å². The second-order valence-electron chi connectivity index (χ2n) is 7.64. The van der Waals surface area contributed by atoms with E-state index in [-0.39, 0.29) is 4.90 Å². The van der Waals surface area contributed by atoms with Gasteiger partial charge in [0.25, 0.3) is 0 Å². The number of hydrogen-bond donors (Lipinski definition) is 0. The monoisotopic (exact) mass is 445 g/mol. The van der Waals surface area contributed by atoms with Crippen LogP contribution in [0.1, 0.15) is 18.5 Å². The predicted octanol–water partition coefficient (Wildman–Crippen LogP) is 1.90. The lowest BCUT2D eigenvalue weighted by molar-refractivity contribution is 0.383. The molecule has 30 heavy (non-hydrogen) atoms. The van der Waals surface area contributed by atoms with Gasteiger partial charge in [0.15, 0.2) is 0 Å². The SMILES string of the molecule is Cc1cc(N2CCCC2)nc(N2CCN(S(=O)(=O)c3cccc4nsnc34)CC2)n1. The molecule has 2 aliphatic rings. The lowest BCUT2D eigenvalue weighted by atomic mass is 10.3. The van der Waals surface area contributed by atoms with E-state index in [1.807, 2.05) is 13.0 Å². The number of piperazine rings is 1. The van der Waals surface area contributed by atoms with Crippen molar-refractivity contribution in [2.24, 2.45) is 0 Å². The molecule has 0 aliphatic carbocycles. The van der Waals surface area contributed by atoms with Crippen LogP contribution in [0.2, 0.25) is 0 Å². The van der Waals surface area contributed by atoms with E-state index in [2.05, 4.69) is 23.5 Å². The summed E-state index contributed by atoms with van der Waals surface area (Å²) in [7, 11) is -3.63. The Kier molecular flexibility index (Phi) is 5.03. The van der Waals surface area contributed by atoms with Gasteiger partial charge in [-0.05, 0) is 31.9 Å². The minimum Gasteiger partial charge on any atom is -0.356 e. The van der Waals surface area contributed by atoms with Crippen LogP contribution in [0.4, 0.5) is 11.8 Å². The molecular weight excluding hydrogens is 422 g/mol. The lowest BCUT2D eigenvalue weighted by Crippen LogP contribution is -2.49. The van der Waals surface area contributed by atoms with Crippen molar-refractivity contribution in [2.45, 2.75) is 24.7 Å². The Hall–Kier alpha value is -2.37. The van der Waals surface area contributed by atoms with E-state index in [0.717, 1.165) is 36.3 Å². The Morgan fingerprint density at radius 2 is 1.70 bits per heavy atom. The van der Waals surface area contributed by atoms with Crippen LogP contribution in [0.5, 0.6) is 0 Å². The maximum atomic E-state index is 13.2. The Bertz CT molecular complexity index is 1170. The van der Waals surface area contributed by atoms with Gasteiger partial charge in [-0.15, -0.1) is 0 Å². The Labute approximate surface area is 179 Å². The summed E-state index contributed by atoms with van der Waals surface area (Å²) < 4.78 is 36.3. The summed E-state index contributed by atoms with van der Waals surface area (Å²) in [6.07, 6.45) is 2.38. The molecule has 0 spiro atoms. The standard InChI is InChI=1S/C19H23N7O2S2/c1-14-13-17(24-7-2-3-8-24)21-19(20-14)25-9-11-26(12-10-25)30(27,28)16-6-4-5-15-18(16)23-29-22-15/h4-6,13H,2-3,7-12H2,1H3. The number of anilines is 2. The van der Waals surface area contributed by atoms with Gasteiger partial charge in [-0.3, -0.25) is 0 Å². The fourth-order valence-electron chi connectivity index (χ4n) is 4.04. The van der Waals surface area contributed by atoms with Crippen molar-refractivity contribution in [1.82, 2.24) is 23.0 Å². The molecule has 0 saturated carbocycles. The Morgan fingerprint density at radius 3 is 2.47 bits per heavy atom. The number of benzene rings is 1. The third-order valence-electron chi connectivity index (χ3n) is 5.65. The van der Waals surface area contributed by atoms with Crippen molar-refractivity contribution >= 4 is 44.6 Å². The largest absolute Gasteiger partial charge is 0.356 e. The third-order valence-corrected chi connectivity index (χ3v) is 8.12. The number of hydrogen-bond acceptors (Lipinski definition) is 9. The highest BCUT2D eigenvalue weighted by atomic mass is 32.2. The smallest absolute Gasteiger partial charge is 0.245 e. The summed E-state index contributed by atoms with van der Waals surface area (Å²) in [4.78, 5) is 14.0. The van der Waals surface area contributed by atoms with Crippen LogP contribution < -0.4 is 9.80 Å². The number of nitrogens with zero attached hydrogens (tertiary/aromatic N) is 7. The summed E-state index contributed by atoms with van der Waals surface area (Å²) >= 11 is 1.03. The summed E-state index contributed by atoms with van der Waals surface area (Å²) in [5.41, 5.74) is 1.99. The van der Waals surface area contributed by atoms with Gasteiger partial charge in [0.05, 0.1) is 11.7 Å². The van der Waals surface area contributed by atoms with Gasteiger partial charge in [-0.2, -0.15) is 18.0 Å². The summed E-state index contributed by atoms with van der Waals surface area (Å²) in [6.45, 7) is 5.89. The Morgan fingerprint density at radius 1 is 0.933 bits per heavy atom. The van der Waals surface area contributed by atoms with Crippen molar-refractivity contribution in [3.05, 3.63) is 30.0 Å². The third kappa shape index (κ3) is 3.50. The zero-order chi connectivity index (χ0) is 20.7. The van der Waals surface area contributed by atoms with Crippen molar-refractivity contribution in [1.29, 1.82) is 0 Å². The van der Waals surface area contributed by atoms with Crippen molar-refractivity contribution in [2.75, 3.05) is 49.1 Å². The summed E-state index contributed by atoms with van der Waals surface area (Å²) in [5, 5.41) is 0. The number of sulfonamides is 1. The van der Waals surface area contributed by atoms with Gasteiger partial charge in [0.2, 0.25) is 16.0 Å². The first-order valence-corrected chi connectivity index (χ1v) is 12.3. The first-order chi connectivity index (χ1) is 14.5. The molecule has 2 fully saturated rings. The highest BCUT2D eigenvalue weighted by Gasteiger charge is 2.31. The van der Waals surface area contributed by atoms with Crippen LogP contribution in [0.25, 0.3) is 11.0 Å². The zero-order valence-electron chi connectivity index (χ0n) is 16.7. The van der Waals surface area contributed by atoms with Gasteiger partial charge in [0.1, 0.15) is 21.7 Å². The molecule has 0 bridgehead atoms. The molecule has 5 rings (SSSR count). The fourth-order valence-corrected chi connectivity index (χ4v) is 6.22. The van der Waals surface area contributed by atoms with Gasteiger partial charge in [-0.25, -0.2) is 13.4 Å². The summed E-state index contributed by atoms with van der Waals surface area (Å²) in [6, 6.07) is 7.13. The molecule has 4 heterocycles. The average Bonchev–Trinajstić information content (AvgIpc) is 3.45. The molecule has 0 atom stereocenters. The normalized spacial score (nSPS) is 18.4. The highest BCUT2D eigenvalue weighted by molar-refractivity contribution is 7.89. The van der Waals surface area contributed by atoms with Gasteiger partial charge in [0, 0.05) is 51.0 Å². The first-order valence-electron chi connectivity index (χ1n) is 10.1. The van der Waals surface area contributed by atoms with E-state index in [4.69, 9.17) is 4.98 Å². The van der Waals surface area contributed by atoms with Crippen LogP contribution in [0.3, 0.4) is 0 Å². The van der Waals surface area contributed by atoms with E-state index in [0.29, 0.717) is 43.2 Å². The number of aromatic nitrogens is 4. The molecule has 2 aromatic heterocycles. The average molecular weight is 446 g/mol. The molecule has 158 valence electrons. The second-order valence-corrected chi connectivity index (χ2v) is 10.1. The van der Waals surface area contributed by atoms with Gasteiger partial charge >= 0.3 is 0 Å². The van der Waals surface area contributed by atoms with Crippen molar-refractivity contribution < 1.29 is 8.42 Å². The molecule has 2 aliphatic heterocycles. The molecule has 0 unspecified atom stereocenters. The molecular formula is C19H23N7O2S2. The minimum absolute atomic E-state index is 0.227. The van der Waals surface area contributed by atoms with Crippen molar-refractivity contribution in [3.8, 4) is 0 Å². The fraction of sp³-hybridized carbons (Fsp3) is 0.474. The molecule has 2 saturated heterocycles. The minimum atomic E-state index is -3.63. The van der Waals surface area contributed by atoms with Crippen LogP contribution >= 0.6 is 11.7 Å². The quantitative estimate of drug-likeness (QED) is 0.601. The Balaban J connectivity index is 1.35. The van der Waals surface area contributed by atoms with Crippen LogP contribution in [0, 0.1) is 6.92 Å². The van der Waals surface area contributed by atoms with Gasteiger partial charge < -0.3 is 9.80 Å². The van der Waals surface area contributed by atoms with Gasteiger partial charge in [-0.1, -0.05) is 6.07 Å². The molecule has 0 amide bonds. The molecule has 3 aromatic rings. The van der Waals surface area contributed by atoms with E-state index in [9.17, 15) is 8.42 Å². The van der Waals surface area contributed by atoms with Crippen LogP contribution in [0.15, 0.2) is 29.2 Å². The van der Waals surface area contributed by atoms with Crippen molar-refractivity contribution in [3.63, 3.8) is 0 Å². The lowest BCUT2D eigenvalue weighted by Gasteiger charge is -2.34. The molecule has 0 radical (unpaired) electrons.